The highest BCUT2D eigenvalue weighted by molar-refractivity contribution is 5.85. The number of aromatic nitrogens is 2. The van der Waals surface area contributed by atoms with Crippen LogP contribution in [0.2, 0.25) is 0 Å². The van der Waals surface area contributed by atoms with Crippen molar-refractivity contribution in [3.05, 3.63) is 55.0 Å². The molecule has 0 saturated carbocycles. The quantitative estimate of drug-likeness (QED) is 0.719. The second kappa shape index (κ2) is 4.33. The van der Waals surface area contributed by atoms with E-state index in [4.69, 9.17) is 5.11 Å². The lowest BCUT2D eigenvalue weighted by Crippen LogP contribution is -1.92. The summed E-state index contributed by atoms with van der Waals surface area (Å²) < 4.78 is 0. The fourth-order valence-electron chi connectivity index (χ4n) is 1.77. The van der Waals surface area contributed by atoms with Crippen molar-refractivity contribution >= 4 is 22.3 Å². The summed E-state index contributed by atoms with van der Waals surface area (Å²) in [6, 6.07) is 11.3. The average Bonchev–Trinajstić information content (AvgIpc) is 2.41. The third-order valence-corrected chi connectivity index (χ3v) is 2.66. The lowest BCUT2D eigenvalue weighted by Gasteiger charge is -2.06. The standard InChI is InChI=1S/C14H11N3O/c18-13-3-4-14(16-9-13)17-12-2-1-11-8-15-6-5-10(11)7-12/h1-9,18H,(H,16,17). The van der Waals surface area contributed by atoms with E-state index in [1.54, 1.807) is 18.3 Å². The number of nitrogens with zero attached hydrogens (tertiary/aromatic N) is 2. The molecular formula is C14H11N3O. The Kier molecular flexibility index (Phi) is 2.53. The van der Waals surface area contributed by atoms with Gasteiger partial charge in [0.1, 0.15) is 11.6 Å². The van der Waals surface area contributed by atoms with Gasteiger partial charge < -0.3 is 10.4 Å². The minimum absolute atomic E-state index is 0.158. The van der Waals surface area contributed by atoms with Crippen molar-refractivity contribution in [2.45, 2.75) is 0 Å². The van der Waals surface area contributed by atoms with Gasteiger partial charge in [-0.1, -0.05) is 6.07 Å². The van der Waals surface area contributed by atoms with Gasteiger partial charge in [0.05, 0.1) is 6.20 Å². The first-order valence-electron chi connectivity index (χ1n) is 5.57. The molecule has 1 aromatic carbocycles. The van der Waals surface area contributed by atoms with Crippen molar-refractivity contribution < 1.29 is 5.11 Å². The topological polar surface area (TPSA) is 58.0 Å². The van der Waals surface area contributed by atoms with Crippen LogP contribution in [-0.4, -0.2) is 15.1 Å². The summed E-state index contributed by atoms with van der Waals surface area (Å²) in [6.07, 6.45) is 5.01. The van der Waals surface area contributed by atoms with E-state index < -0.39 is 0 Å². The highest BCUT2D eigenvalue weighted by atomic mass is 16.3. The molecule has 88 valence electrons. The first kappa shape index (κ1) is 10.5. The number of rotatable bonds is 2. The SMILES string of the molecule is Oc1ccc(Nc2ccc3cnccc3c2)nc1. The third kappa shape index (κ3) is 2.08. The summed E-state index contributed by atoms with van der Waals surface area (Å²) in [7, 11) is 0. The molecule has 0 aliphatic heterocycles. The van der Waals surface area contributed by atoms with Crippen LogP contribution in [0.1, 0.15) is 0 Å². The number of benzene rings is 1. The van der Waals surface area contributed by atoms with Gasteiger partial charge in [-0.25, -0.2) is 4.98 Å². The van der Waals surface area contributed by atoms with E-state index in [0.717, 1.165) is 16.5 Å². The van der Waals surface area contributed by atoms with Crippen LogP contribution < -0.4 is 5.32 Å². The van der Waals surface area contributed by atoms with Crippen LogP contribution in [0.4, 0.5) is 11.5 Å². The maximum Gasteiger partial charge on any atom is 0.134 e. The Labute approximate surface area is 104 Å². The smallest absolute Gasteiger partial charge is 0.134 e. The molecule has 2 heterocycles. The summed E-state index contributed by atoms with van der Waals surface area (Å²) >= 11 is 0. The Hall–Kier alpha value is -2.62. The van der Waals surface area contributed by atoms with Gasteiger partial charge in [-0.15, -0.1) is 0 Å². The van der Waals surface area contributed by atoms with Crippen LogP contribution in [0, 0.1) is 0 Å². The summed E-state index contributed by atoms with van der Waals surface area (Å²) in [4.78, 5) is 8.16. The predicted molar refractivity (Wildman–Crippen MR) is 70.9 cm³/mol. The number of nitrogens with one attached hydrogen (secondary N) is 1. The lowest BCUT2D eigenvalue weighted by molar-refractivity contribution is 0.473. The lowest BCUT2D eigenvalue weighted by atomic mass is 10.1. The number of hydrogen-bond donors (Lipinski definition) is 2. The zero-order valence-electron chi connectivity index (χ0n) is 9.54. The fraction of sp³-hybridized carbons (Fsp3) is 0. The molecule has 3 aromatic rings. The number of pyridine rings is 2. The minimum atomic E-state index is 0.158. The molecule has 4 nitrogen and oxygen atoms in total. The van der Waals surface area contributed by atoms with Crippen LogP contribution in [0.25, 0.3) is 10.8 Å². The van der Waals surface area contributed by atoms with E-state index in [-0.39, 0.29) is 5.75 Å². The number of aromatic hydroxyl groups is 1. The van der Waals surface area contributed by atoms with Crippen molar-refractivity contribution in [1.29, 1.82) is 0 Å². The van der Waals surface area contributed by atoms with Crippen LogP contribution in [-0.2, 0) is 0 Å². The van der Waals surface area contributed by atoms with Crippen LogP contribution in [0.3, 0.4) is 0 Å². The summed E-state index contributed by atoms with van der Waals surface area (Å²) in [5.41, 5.74) is 0.951. The summed E-state index contributed by atoms with van der Waals surface area (Å²) in [5.74, 6) is 0.853. The number of hydrogen-bond acceptors (Lipinski definition) is 4. The Morgan fingerprint density at radius 2 is 1.89 bits per heavy atom. The van der Waals surface area contributed by atoms with E-state index in [0.29, 0.717) is 5.82 Å². The Morgan fingerprint density at radius 3 is 2.72 bits per heavy atom. The van der Waals surface area contributed by atoms with Gasteiger partial charge >= 0.3 is 0 Å². The molecule has 0 radical (unpaired) electrons. The van der Waals surface area contributed by atoms with Gasteiger partial charge in [0.25, 0.3) is 0 Å². The van der Waals surface area contributed by atoms with Crippen LogP contribution in [0.5, 0.6) is 5.75 Å². The van der Waals surface area contributed by atoms with Gasteiger partial charge in [0.2, 0.25) is 0 Å². The second-order valence-electron chi connectivity index (χ2n) is 3.96. The monoisotopic (exact) mass is 237 g/mol. The molecule has 0 aliphatic rings. The maximum atomic E-state index is 9.17. The zero-order valence-corrected chi connectivity index (χ0v) is 9.54. The largest absolute Gasteiger partial charge is 0.506 e. The van der Waals surface area contributed by atoms with Crippen LogP contribution in [0.15, 0.2) is 55.0 Å². The molecule has 3 rings (SSSR count). The second-order valence-corrected chi connectivity index (χ2v) is 3.96. The van der Waals surface area contributed by atoms with Gasteiger partial charge in [-0.2, -0.15) is 0 Å². The predicted octanol–water partition coefficient (Wildman–Crippen LogP) is 3.08. The highest BCUT2D eigenvalue weighted by Gasteiger charge is 1.98. The van der Waals surface area contributed by atoms with Crippen molar-refractivity contribution in [3.8, 4) is 5.75 Å². The van der Waals surface area contributed by atoms with Gasteiger partial charge in [0, 0.05) is 23.5 Å². The van der Waals surface area contributed by atoms with Gasteiger partial charge in [-0.3, -0.25) is 4.98 Å². The molecule has 0 spiro atoms. The number of anilines is 2. The molecule has 0 aliphatic carbocycles. The molecular weight excluding hydrogens is 226 g/mol. The Bertz CT molecular complexity index is 680. The first-order valence-corrected chi connectivity index (χ1v) is 5.57. The first-order chi connectivity index (χ1) is 8.81. The molecule has 2 aromatic heterocycles. The Balaban J connectivity index is 1.92. The van der Waals surface area contributed by atoms with Gasteiger partial charge in [0.15, 0.2) is 0 Å². The van der Waals surface area contributed by atoms with Crippen molar-refractivity contribution in [3.63, 3.8) is 0 Å². The summed E-state index contributed by atoms with van der Waals surface area (Å²) in [5, 5.41) is 14.6. The van der Waals surface area contributed by atoms with E-state index >= 15 is 0 Å². The molecule has 18 heavy (non-hydrogen) atoms. The molecule has 0 bridgehead atoms. The molecule has 0 fully saturated rings. The van der Waals surface area contributed by atoms with Crippen molar-refractivity contribution in [2.24, 2.45) is 0 Å². The van der Waals surface area contributed by atoms with Crippen molar-refractivity contribution in [2.75, 3.05) is 5.32 Å². The van der Waals surface area contributed by atoms with E-state index in [9.17, 15) is 0 Å². The molecule has 0 unspecified atom stereocenters. The molecule has 0 saturated heterocycles. The third-order valence-electron chi connectivity index (χ3n) is 2.66. The zero-order chi connectivity index (χ0) is 12.4. The van der Waals surface area contributed by atoms with E-state index in [1.807, 2.05) is 30.5 Å². The van der Waals surface area contributed by atoms with E-state index in [1.165, 1.54) is 6.20 Å². The number of fused-ring (bicyclic) bond motifs is 1. The molecule has 0 amide bonds. The van der Waals surface area contributed by atoms with E-state index in [2.05, 4.69) is 15.3 Å². The molecule has 0 atom stereocenters. The molecule has 2 N–H and O–H groups in total. The minimum Gasteiger partial charge on any atom is -0.506 e. The highest BCUT2D eigenvalue weighted by Crippen LogP contribution is 2.21. The molecule has 4 heteroatoms. The van der Waals surface area contributed by atoms with Gasteiger partial charge in [-0.05, 0) is 35.7 Å². The fourth-order valence-corrected chi connectivity index (χ4v) is 1.77. The normalized spacial score (nSPS) is 10.4. The van der Waals surface area contributed by atoms with Crippen LogP contribution >= 0.6 is 0 Å². The summed E-state index contributed by atoms with van der Waals surface area (Å²) in [6.45, 7) is 0. The maximum absolute atomic E-state index is 9.17. The Morgan fingerprint density at radius 1 is 0.944 bits per heavy atom. The average molecular weight is 237 g/mol. The van der Waals surface area contributed by atoms with Crippen molar-refractivity contribution in [1.82, 2.24) is 9.97 Å².